The fraction of sp³-hybridized carbons (Fsp3) is 0.0714. The van der Waals surface area contributed by atoms with Crippen LogP contribution in [0.15, 0.2) is 53.0 Å². The summed E-state index contributed by atoms with van der Waals surface area (Å²) in [5.41, 5.74) is 6.87. The monoisotopic (exact) mass is 320 g/mol. The highest BCUT2D eigenvalue weighted by atomic mass is 79.9. The van der Waals surface area contributed by atoms with Crippen LogP contribution in [0.3, 0.4) is 0 Å². The highest BCUT2D eigenvalue weighted by molar-refractivity contribution is 9.10. The van der Waals surface area contributed by atoms with Crippen molar-refractivity contribution in [2.75, 3.05) is 17.7 Å². The van der Waals surface area contributed by atoms with Gasteiger partial charge in [0.25, 0.3) is 5.91 Å². The number of benzene rings is 2. The van der Waals surface area contributed by atoms with Crippen molar-refractivity contribution in [2.24, 2.45) is 0 Å². The minimum Gasteiger partial charge on any atom is -0.484 e. The summed E-state index contributed by atoms with van der Waals surface area (Å²) in [6.07, 6.45) is 0. The van der Waals surface area contributed by atoms with Gasteiger partial charge in [-0.25, -0.2) is 0 Å². The average Bonchev–Trinajstić information content (AvgIpc) is 2.41. The molecule has 0 aliphatic rings. The number of ether oxygens (including phenoxy) is 1. The van der Waals surface area contributed by atoms with Crippen LogP contribution in [-0.4, -0.2) is 12.5 Å². The number of carbonyl (C=O) groups is 1. The van der Waals surface area contributed by atoms with E-state index in [2.05, 4.69) is 21.2 Å². The predicted molar refractivity (Wildman–Crippen MR) is 79.1 cm³/mol. The van der Waals surface area contributed by atoms with Crippen LogP contribution < -0.4 is 15.8 Å². The van der Waals surface area contributed by atoms with Crippen LogP contribution in [0, 0.1) is 0 Å². The summed E-state index contributed by atoms with van der Waals surface area (Å²) in [5, 5.41) is 2.70. The van der Waals surface area contributed by atoms with E-state index >= 15 is 0 Å². The standard InChI is InChI=1S/C14H13BrN2O2/c15-10-6-7-13(12(16)8-10)17-14(18)9-19-11-4-2-1-3-5-11/h1-8H,9,16H2,(H,17,18). The number of para-hydroxylation sites is 1. The number of nitrogens with two attached hydrogens (primary N) is 1. The third-order valence-corrected chi connectivity index (χ3v) is 2.89. The van der Waals surface area contributed by atoms with Gasteiger partial charge in [-0.15, -0.1) is 0 Å². The Morgan fingerprint density at radius 2 is 1.95 bits per heavy atom. The van der Waals surface area contributed by atoms with Gasteiger partial charge in [0.2, 0.25) is 0 Å². The molecule has 1 amide bonds. The SMILES string of the molecule is Nc1cc(Br)ccc1NC(=O)COc1ccccc1. The van der Waals surface area contributed by atoms with E-state index < -0.39 is 0 Å². The molecular formula is C14H13BrN2O2. The summed E-state index contributed by atoms with van der Waals surface area (Å²) in [5.74, 6) is 0.402. The Hall–Kier alpha value is -2.01. The molecule has 0 unspecified atom stereocenters. The van der Waals surface area contributed by atoms with Crippen molar-refractivity contribution in [3.63, 3.8) is 0 Å². The lowest BCUT2D eigenvalue weighted by Gasteiger charge is -2.09. The van der Waals surface area contributed by atoms with Crippen molar-refractivity contribution in [3.05, 3.63) is 53.0 Å². The normalized spacial score (nSPS) is 9.95. The zero-order chi connectivity index (χ0) is 13.7. The molecular weight excluding hydrogens is 308 g/mol. The fourth-order valence-electron chi connectivity index (χ4n) is 1.50. The van der Waals surface area contributed by atoms with Gasteiger partial charge in [0, 0.05) is 4.47 Å². The van der Waals surface area contributed by atoms with Crippen molar-refractivity contribution in [1.82, 2.24) is 0 Å². The highest BCUT2D eigenvalue weighted by Crippen LogP contribution is 2.22. The van der Waals surface area contributed by atoms with Crippen LogP contribution in [0.2, 0.25) is 0 Å². The molecule has 0 heterocycles. The second kappa shape index (κ2) is 6.24. The summed E-state index contributed by atoms with van der Waals surface area (Å²) in [6, 6.07) is 14.4. The van der Waals surface area contributed by atoms with Gasteiger partial charge in [-0.2, -0.15) is 0 Å². The molecule has 0 saturated carbocycles. The highest BCUT2D eigenvalue weighted by Gasteiger charge is 2.06. The number of carbonyl (C=O) groups excluding carboxylic acids is 1. The van der Waals surface area contributed by atoms with Crippen LogP contribution in [0.5, 0.6) is 5.75 Å². The van der Waals surface area contributed by atoms with Crippen LogP contribution in [0.4, 0.5) is 11.4 Å². The molecule has 5 heteroatoms. The van der Waals surface area contributed by atoms with E-state index in [4.69, 9.17) is 10.5 Å². The van der Waals surface area contributed by atoms with Gasteiger partial charge < -0.3 is 15.8 Å². The maximum Gasteiger partial charge on any atom is 0.262 e. The third-order valence-electron chi connectivity index (χ3n) is 2.40. The Morgan fingerprint density at radius 3 is 2.63 bits per heavy atom. The summed E-state index contributed by atoms with van der Waals surface area (Å²) in [6.45, 7) is -0.0560. The smallest absolute Gasteiger partial charge is 0.262 e. The summed E-state index contributed by atoms with van der Waals surface area (Å²) < 4.78 is 6.21. The van der Waals surface area contributed by atoms with Gasteiger partial charge in [0.15, 0.2) is 6.61 Å². The first-order valence-electron chi connectivity index (χ1n) is 5.68. The summed E-state index contributed by atoms with van der Waals surface area (Å²) in [7, 11) is 0. The first kappa shape index (κ1) is 13.4. The van der Waals surface area contributed by atoms with E-state index in [-0.39, 0.29) is 12.5 Å². The summed E-state index contributed by atoms with van der Waals surface area (Å²) >= 11 is 3.31. The molecule has 0 radical (unpaired) electrons. The molecule has 2 rings (SSSR count). The van der Waals surface area contributed by atoms with E-state index in [0.717, 1.165) is 4.47 Å². The van der Waals surface area contributed by atoms with Crippen molar-refractivity contribution in [2.45, 2.75) is 0 Å². The second-order valence-corrected chi connectivity index (χ2v) is 4.80. The van der Waals surface area contributed by atoms with E-state index in [1.165, 1.54) is 0 Å². The molecule has 2 aromatic carbocycles. The number of nitrogen functional groups attached to an aromatic ring is 1. The second-order valence-electron chi connectivity index (χ2n) is 3.88. The van der Waals surface area contributed by atoms with Gasteiger partial charge in [-0.3, -0.25) is 4.79 Å². The molecule has 0 fully saturated rings. The van der Waals surface area contributed by atoms with Gasteiger partial charge in [0.05, 0.1) is 11.4 Å². The fourth-order valence-corrected chi connectivity index (χ4v) is 1.88. The molecule has 0 aromatic heterocycles. The average molecular weight is 321 g/mol. The maximum atomic E-state index is 11.7. The molecule has 3 N–H and O–H groups in total. The Balaban J connectivity index is 1.91. The summed E-state index contributed by atoms with van der Waals surface area (Å²) in [4.78, 5) is 11.7. The zero-order valence-corrected chi connectivity index (χ0v) is 11.7. The maximum absolute atomic E-state index is 11.7. The first-order valence-corrected chi connectivity index (χ1v) is 6.47. The molecule has 0 aliphatic heterocycles. The minimum atomic E-state index is -0.252. The minimum absolute atomic E-state index is 0.0560. The number of halogens is 1. The first-order chi connectivity index (χ1) is 9.15. The molecule has 0 bridgehead atoms. The lowest BCUT2D eigenvalue weighted by molar-refractivity contribution is -0.118. The van der Waals surface area contributed by atoms with Crippen LogP contribution in [0.1, 0.15) is 0 Å². The zero-order valence-electron chi connectivity index (χ0n) is 10.1. The molecule has 19 heavy (non-hydrogen) atoms. The van der Waals surface area contributed by atoms with Crippen LogP contribution >= 0.6 is 15.9 Å². The topological polar surface area (TPSA) is 64.3 Å². The number of rotatable bonds is 4. The van der Waals surface area contributed by atoms with E-state index in [1.54, 1.807) is 24.3 Å². The lowest BCUT2D eigenvalue weighted by atomic mass is 10.2. The van der Waals surface area contributed by atoms with Gasteiger partial charge in [0.1, 0.15) is 5.75 Å². The van der Waals surface area contributed by atoms with Gasteiger partial charge in [-0.05, 0) is 30.3 Å². The van der Waals surface area contributed by atoms with Crippen LogP contribution in [-0.2, 0) is 4.79 Å². The Kier molecular flexibility index (Phi) is 4.41. The number of amides is 1. The van der Waals surface area contributed by atoms with Crippen molar-refractivity contribution in [1.29, 1.82) is 0 Å². The van der Waals surface area contributed by atoms with Gasteiger partial charge >= 0.3 is 0 Å². The quantitative estimate of drug-likeness (QED) is 0.851. The number of nitrogens with one attached hydrogen (secondary N) is 1. The third kappa shape index (κ3) is 3.99. The van der Waals surface area contributed by atoms with Gasteiger partial charge in [-0.1, -0.05) is 34.1 Å². The molecule has 0 spiro atoms. The number of anilines is 2. The van der Waals surface area contributed by atoms with Crippen LogP contribution in [0.25, 0.3) is 0 Å². The van der Waals surface area contributed by atoms with E-state index in [1.807, 2.05) is 24.3 Å². The molecule has 0 saturated heterocycles. The Bertz CT molecular complexity index is 573. The Morgan fingerprint density at radius 1 is 1.21 bits per heavy atom. The lowest BCUT2D eigenvalue weighted by Crippen LogP contribution is -2.20. The molecule has 0 aliphatic carbocycles. The number of hydrogen-bond donors (Lipinski definition) is 2. The largest absolute Gasteiger partial charge is 0.484 e. The van der Waals surface area contributed by atoms with Crippen molar-refractivity contribution < 1.29 is 9.53 Å². The van der Waals surface area contributed by atoms with Crippen molar-refractivity contribution in [3.8, 4) is 5.75 Å². The Labute approximate surface area is 119 Å². The molecule has 0 atom stereocenters. The van der Waals surface area contributed by atoms with Crippen molar-refractivity contribution >= 4 is 33.2 Å². The van der Waals surface area contributed by atoms with E-state index in [0.29, 0.717) is 17.1 Å². The molecule has 4 nitrogen and oxygen atoms in total. The molecule has 98 valence electrons. The number of hydrogen-bond acceptors (Lipinski definition) is 3. The van der Waals surface area contributed by atoms with E-state index in [9.17, 15) is 4.79 Å². The molecule has 2 aromatic rings. The predicted octanol–water partition coefficient (Wildman–Crippen LogP) is 3.05.